The van der Waals surface area contributed by atoms with Crippen LogP contribution in [0.2, 0.25) is 5.02 Å². The van der Waals surface area contributed by atoms with Crippen molar-refractivity contribution >= 4 is 49.1 Å². The van der Waals surface area contributed by atoms with E-state index in [-0.39, 0.29) is 12.2 Å². The van der Waals surface area contributed by atoms with E-state index >= 15 is 0 Å². The highest BCUT2D eigenvalue weighted by molar-refractivity contribution is 9.10. The Balaban J connectivity index is 2.19. The third kappa shape index (κ3) is 3.68. The summed E-state index contributed by atoms with van der Waals surface area (Å²) in [6.07, 6.45) is 0. The van der Waals surface area contributed by atoms with Gasteiger partial charge >= 0.3 is 0 Å². The van der Waals surface area contributed by atoms with Gasteiger partial charge in [0.1, 0.15) is 17.3 Å². The molecule has 0 fully saturated rings. The van der Waals surface area contributed by atoms with E-state index in [1.165, 1.54) is 12.1 Å². The molecule has 6 heteroatoms. The smallest absolute Gasteiger partial charge is 0.150 e. The molecule has 0 radical (unpaired) electrons. The van der Waals surface area contributed by atoms with Gasteiger partial charge in [-0.05, 0) is 29.8 Å². The molecule has 0 aromatic heterocycles. The first-order chi connectivity index (χ1) is 8.97. The van der Waals surface area contributed by atoms with Gasteiger partial charge < -0.3 is 5.32 Å². The predicted molar refractivity (Wildman–Crippen MR) is 80.5 cm³/mol. The van der Waals surface area contributed by atoms with Gasteiger partial charge in [-0.2, -0.15) is 0 Å². The standard InChI is InChI=1S/C13H8Br2ClF2N/c14-8-2-1-7(10(16)3-8)6-19-13-11(17)4-9(15)5-12(13)18/h1-5,19H,6H2. The number of hydrogen-bond donors (Lipinski definition) is 1. The Kier molecular flexibility index (Phi) is 4.81. The van der Waals surface area contributed by atoms with Crippen molar-refractivity contribution in [1.29, 1.82) is 0 Å². The van der Waals surface area contributed by atoms with E-state index in [1.54, 1.807) is 12.1 Å². The Morgan fingerprint density at radius 1 is 1.00 bits per heavy atom. The Morgan fingerprint density at radius 2 is 1.63 bits per heavy atom. The molecule has 1 nitrogen and oxygen atoms in total. The third-order valence-corrected chi connectivity index (χ3v) is 3.78. The van der Waals surface area contributed by atoms with Gasteiger partial charge in [-0.25, -0.2) is 8.78 Å². The van der Waals surface area contributed by atoms with Crippen LogP contribution >= 0.6 is 43.5 Å². The Morgan fingerprint density at radius 3 is 2.21 bits per heavy atom. The minimum absolute atomic E-state index is 0.165. The zero-order valence-electron chi connectivity index (χ0n) is 9.48. The molecule has 0 aliphatic heterocycles. The van der Waals surface area contributed by atoms with Gasteiger partial charge in [0.15, 0.2) is 0 Å². The second-order valence-electron chi connectivity index (χ2n) is 3.83. The lowest BCUT2D eigenvalue weighted by Crippen LogP contribution is -2.04. The SMILES string of the molecule is Fc1cc(Br)cc(F)c1NCc1ccc(Br)cc1Cl. The summed E-state index contributed by atoms with van der Waals surface area (Å²) < 4.78 is 28.4. The van der Waals surface area contributed by atoms with Gasteiger partial charge in [-0.3, -0.25) is 0 Å². The minimum Gasteiger partial charge on any atom is -0.376 e. The highest BCUT2D eigenvalue weighted by Gasteiger charge is 2.10. The average Bonchev–Trinajstić information content (AvgIpc) is 2.30. The molecule has 1 N–H and O–H groups in total. The first-order valence-electron chi connectivity index (χ1n) is 5.29. The van der Waals surface area contributed by atoms with Crippen molar-refractivity contribution in [3.8, 4) is 0 Å². The first kappa shape index (κ1) is 14.8. The van der Waals surface area contributed by atoms with Gasteiger partial charge in [-0.1, -0.05) is 49.5 Å². The molecule has 19 heavy (non-hydrogen) atoms. The van der Waals surface area contributed by atoms with E-state index in [2.05, 4.69) is 37.2 Å². The summed E-state index contributed by atoms with van der Waals surface area (Å²) in [4.78, 5) is 0. The molecule has 0 saturated heterocycles. The van der Waals surface area contributed by atoms with Crippen LogP contribution in [0.3, 0.4) is 0 Å². The second kappa shape index (κ2) is 6.20. The van der Waals surface area contributed by atoms with E-state index in [0.29, 0.717) is 9.50 Å². The minimum atomic E-state index is -0.653. The van der Waals surface area contributed by atoms with Gasteiger partial charge in [0.2, 0.25) is 0 Å². The molecule has 0 aliphatic carbocycles. The largest absolute Gasteiger partial charge is 0.376 e. The third-order valence-electron chi connectivity index (χ3n) is 2.48. The summed E-state index contributed by atoms with van der Waals surface area (Å²) in [7, 11) is 0. The molecule has 0 aliphatic rings. The summed E-state index contributed by atoms with van der Waals surface area (Å²) in [5.74, 6) is -1.31. The fourth-order valence-electron chi connectivity index (χ4n) is 1.56. The number of halogens is 5. The van der Waals surface area contributed by atoms with Gasteiger partial charge in [0, 0.05) is 20.5 Å². The lowest BCUT2D eigenvalue weighted by atomic mass is 10.2. The van der Waals surface area contributed by atoms with Crippen molar-refractivity contribution < 1.29 is 8.78 Å². The summed E-state index contributed by atoms with van der Waals surface area (Å²) in [5, 5.41) is 3.24. The van der Waals surface area contributed by atoms with Crippen LogP contribution in [-0.2, 0) is 6.54 Å². The Hall–Kier alpha value is -0.650. The fourth-order valence-corrected chi connectivity index (χ4v) is 2.70. The maximum absolute atomic E-state index is 13.6. The molecule has 0 bridgehead atoms. The zero-order chi connectivity index (χ0) is 14.0. The highest BCUT2D eigenvalue weighted by Crippen LogP contribution is 2.26. The maximum Gasteiger partial charge on any atom is 0.150 e. The quantitative estimate of drug-likeness (QED) is 0.678. The van der Waals surface area contributed by atoms with Crippen molar-refractivity contribution in [3.63, 3.8) is 0 Å². The fraction of sp³-hybridized carbons (Fsp3) is 0.0769. The van der Waals surface area contributed by atoms with Crippen LogP contribution in [0.15, 0.2) is 39.3 Å². The Labute approximate surface area is 131 Å². The van der Waals surface area contributed by atoms with E-state index in [9.17, 15) is 8.78 Å². The van der Waals surface area contributed by atoms with Crippen molar-refractivity contribution in [2.75, 3.05) is 5.32 Å². The molecule has 0 heterocycles. The normalized spacial score (nSPS) is 10.6. The lowest BCUT2D eigenvalue weighted by molar-refractivity contribution is 0.586. The number of rotatable bonds is 3. The highest BCUT2D eigenvalue weighted by atomic mass is 79.9. The number of benzene rings is 2. The Bertz CT molecular complexity index is 597. The molecule has 0 amide bonds. The summed E-state index contributed by atoms with van der Waals surface area (Å²) >= 11 is 12.4. The van der Waals surface area contributed by atoms with Gasteiger partial charge in [-0.15, -0.1) is 0 Å². The van der Waals surface area contributed by atoms with E-state index in [1.807, 2.05) is 6.07 Å². The zero-order valence-corrected chi connectivity index (χ0v) is 13.4. The summed E-state index contributed by atoms with van der Waals surface area (Å²) in [6, 6.07) is 7.74. The molecule has 2 rings (SSSR count). The molecule has 0 unspecified atom stereocenters. The molecule has 0 saturated carbocycles. The van der Waals surface area contributed by atoms with Crippen LogP contribution in [0.1, 0.15) is 5.56 Å². The van der Waals surface area contributed by atoms with Gasteiger partial charge in [0.25, 0.3) is 0 Å². The summed E-state index contributed by atoms with van der Waals surface area (Å²) in [6.45, 7) is 0.238. The molecular weight excluding hydrogens is 403 g/mol. The average molecular weight is 411 g/mol. The summed E-state index contributed by atoms with van der Waals surface area (Å²) in [5.41, 5.74) is 0.591. The molecule has 0 atom stereocenters. The molecular formula is C13H8Br2ClF2N. The van der Waals surface area contributed by atoms with Crippen molar-refractivity contribution in [3.05, 3.63) is 61.5 Å². The maximum atomic E-state index is 13.6. The topological polar surface area (TPSA) is 12.0 Å². The van der Waals surface area contributed by atoms with E-state index < -0.39 is 11.6 Å². The van der Waals surface area contributed by atoms with Gasteiger partial charge in [0.05, 0.1) is 0 Å². The van der Waals surface area contributed by atoms with Crippen LogP contribution in [0.25, 0.3) is 0 Å². The van der Waals surface area contributed by atoms with E-state index in [4.69, 9.17) is 11.6 Å². The molecule has 100 valence electrons. The number of anilines is 1. The van der Waals surface area contributed by atoms with Crippen molar-refractivity contribution in [1.82, 2.24) is 0 Å². The monoisotopic (exact) mass is 409 g/mol. The molecule has 0 spiro atoms. The van der Waals surface area contributed by atoms with Crippen molar-refractivity contribution in [2.45, 2.75) is 6.54 Å². The lowest BCUT2D eigenvalue weighted by Gasteiger charge is -2.10. The second-order valence-corrected chi connectivity index (χ2v) is 6.07. The van der Waals surface area contributed by atoms with Crippen LogP contribution in [-0.4, -0.2) is 0 Å². The van der Waals surface area contributed by atoms with Crippen LogP contribution in [0.4, 0.5) is 14.5 Å². The number of hydrogen-bond acceptors (Lipinski definition) is 1. The van der Waals surface area contributed by atoms with Crippen molar-refractivity contribution in [2.24, 2.45) is 0 Å². The van der Waals surface area contributed by atoms with Crippen LogP contribution in [0, 0.1) is 11.6 Å². The van der Waals surface area contributed by atoms with E-state index in [0.717, 1.165) is 10.0 Å². The van der Waals surface area contributed by atoms with Crippen LogP contribution < -0.4 is 5.32 Å². The molecule has 2 aromatic rings. The first-order valence-corrected chi connectivity index (χ1v) is 7.26. The predicted octanol–water partition coefficient (Wildman–Crippen LogP) is 5.76. The number of nitrogens with one attached hydrogen (secondary N) is 1. The molecule has 2 aromatic carbocycles. The van der Waals surface area contributed by atoms with Crippen LogP contribution in [0.5, 0.6) is 0 Å².